The van der Waals surface area contributed by atoms with Gasteiger partial charge in [-0.15, -0.1) is 0 Å². The highest BCUT2D eigenvalue weighted by molar-refractivity contribution is 6.32. The second-order valence-corrected chi connectivity index (χ2v) is 8.14. The van der Waals surface area contributed by atoms with Crippen LogP contribution in [0.2, 0.25) is 5.02 Å². The number of hydrogen-bond donors (Lipinski definition) is 2. The number of hydrogen-bond acceptors (Lipinski definition) is 2. The highest BCUT2D eigenvalue weighted by Crippen LogP contribution is 2.36. The maximum atomic E-state index is 12.8. The van der Waals surface area contributed by atoms with Gasteiger partial charge in [-0.25, -0.2) is 0 Å². The van der Waals surface area contributed by atoms with Crippen molar-refractivity contribution in [2.75, 3.05) is 13.1 Å². The van der Waals surface area contributed by atoms with Gasteiger partial charge < -0.3 is 11.1 Å². The SMILES string of the molecule is C[C@@H](CN)c1ccccc1.C[C@@H](CNCc1cccc(C(F)(F)F)c1Cl)c1ccccc1. The largest absolute Gasteiger partial charge is 0.417 e. The number of rotatable bonds is 7. The third-order valence-electron chi connectivity index (χ3n) is 5.24. The normalized spacial score (nSPS) is 13.1. The van der Waals surface area contributed by atoms with Crippen LogP contribution in [0.25, 0.3) is 0 Å². The van der Waals surface area contributed by atoms with Crippen molar-refractivity contribution in [2.24, 2.45) is 5.73 Å². The van der Waals surface area contributed by atoms with Crippen LogP contribution in [-0.2, 0) is 12.7 Å². The van der Waals surface area contributed by atoms with Crippen molar-refractivity contribution in [1.29, 1.82) is 0 Å². The molecule has 0 aliphatic rings. The van der Waals surface area contributed by atoms with Crippen LogP contribution in [0.1, 0.15) is 47.9 Å². The Bertz CT molecular complexity index is 931. The fraction of sp³-hybridized carbons (Fsp3) is 0.308. The molecule has 3 aromatic carbocycles. The van der Waals surface area contributed by atoms with Crippen LogP contribution in [0.3, 0.4) is 0 Å². The molecule has 0 saturated carbocycles. The van der Waals surface area contributed by atoms with Crippen LogP contribution in [-0.4, -0.2) is 13.1 Å². The zero-order valence-electron chi connectivity index (χ0n) is 18.4. The fourth-order valence-electron chi connectivity index (χ4n) is 3.18. The van der Waals surface area contributed by atoms with E-state index in [0.717, 1.165) is 12.6 Å². The third kappa shape index (κ3) is 7.97. The summed E-state index contributed by atoms with van der Waals surface area (Å²) < 4.78 is 38.4. The maximum Gasteiger partial charge on any atom is 0.417 e. The lowest BCUT2D eigenvalue weighted by Crippen LogP contribution is -2.20. The Hall–Kier alpha value is -2.34. The smallest absolute Gasteiger partial charge is 0.330 e. The van der Waals surface area contributed by atoms with E-state index in [-0.39, 0.29) is 10.9 Å². The molecule has 2 atom stereocenters. The van der Waals surface area contributed by atoms with Gasteiger partial charge in [0.05, 0.1) is 10.6 Å². The maximum absolute atomic E-state index is 12.8. The van der Waals surface area contributed by atoms with E-state index in [2.05, 4.69) is 31.3 Å². The van der Waals surface area contributed by atoms with Crippen molar-refractivity contribution < 1.29 is 13.2 Å². The van der Waals surface area contributed by atoms with Crippen LogP contribution in [0, 0.1) is 0 Å². The van der Waals surface area contributed by atoms with Crippen LogP contribution < -0.4 is 11.1 Å². The van der Waals surface area contributed by atoms with Gasteiger partial charge in [0.25, 0.3) is 0 Å². The molecule has 0 fully saturated rings. The van der Waals surface area contributed by atoms with Crippen LogP contribution >= 0.6 is 11.6 Å². The molecule has 172 valence electrons. The average Bonchev–Trinajstić information content (AvgIpc) is 2.80. The van der Waals surface area contributed by atoms with Crippen LogP contribution in [0.5, 0.6) is 0 Å². The lowest BCUT2D eigenvalue weighted by molar-refractivity contribution is -0.137. The van der Waals surface area contributed by atoms with Crippen molar-refractivity contribution in [3.63, 3.8) is 0 Å². The minimum Gasteiger partial charge on any atom is -0.330 e. The molecule has 0 aromatic heterocycles. The van der Waals surface area contributed by atoms with E-state index in [4.69, 9.17) is 17.3 Å². The summed E-state index contributed by atoms with van der Waals surface area (Å²) in [6, 6.07) is 24.3. The predicted octanol–water partition coefficient (Wildman–Crippen LogP) is 7.00. The van der Waals surface area contributed by atoms with Crippen molar-refractivity contribution in [3.8, 4) is 0 Å². The van der Waals surface area contributed by atoms with Gasteiger partial charge in [-0.1, -0.05) is 98.2 Å². The predicted molar refractivity (Wildman–Crippen MR) is 127 cm³/mol. The van der Waals surface area contributed by atoms with Crippen molar-refractivity contribution in [2.45, 2.75) is 38.4 Å². The number of nitrogens with two attached hydrogens (primary N) is 1. The van der Waals surface area contributed by atoms with Gasteiger partial charge in [0.15, 0.2) is 0 Å². The topological polar surface area (TPSA) is 38.0 Å². The lowest BCUT2D eigenvalue weighted by Gasteiger charge is -2.15. The van der Waals surface area contributed by atoms with Crippen molar-refractivity contribution >= 4 is 11.6 Å². The van der Waals surface area contributed by atoms with E-state index in [1.807, 2.05) is 48.5 Å². The average molecular weight is 463 g/mol. The molecule has 0 aliphatic carbocycles. The summed E-state index contributed by atoms with van der Waals surface area (Å²) in [6.07, 6.45) is -4.43. The Balaban J connectivity index is 0.000000303. The molecule has 2 nitrogen and oxygen atoms in total. The molecule has 0 saturated heterocycles. The monoisotopic (exact) mass is 462 g/mol. The number of alkyl halides is 3. The number of benzene rings is 3. The second-order valence-electron chi connectivity index (χ2n) is 7.77. The van der Waals surface area contributed by atoms with Gasteiger partial charge >= 0.3 is 6.18 Å². The van der Waals surface area contributed by atoms with E-state index < -0.39 is 11.7 Å². The van der Waals surface area contributed by atoms with Crippen molar-refractivity contribution in [1.82, 2.24) is 5.32 Å². The number of nitrogens with one attached hydrogen (secondary N) is 1. The minimum absolute atomic E-state index is 0.227. The highest BCUT2D eigenvalue weighted by atomic mass is 35.5. The van der Waals surface area contributed by atoms with E-state index >= 15 is 0 Å². The Morgan fingerprint density at radius 3 is 1.84 bits per heavy atom. The first-order chi connectivity index (χ1) is 15.2. The summed E-state index contributed by atoms with van der Waals surface area (Å²) in [5.74, 6) is 0.756. The van der Waals surface area contributed by atoms with Crippen LogP contribution in [0.15, 0.2) is 78.9 Å². The Morgan fingerprint density at radius 2 is 1.34 bits per heavy atom. The molecule has 0 aliphatic heterocycles. The van der Waals surface area contributed by atoms with Crippen molar-refractivity contribution in [3.05, 3.63) is 106 Å². The molecule has 3 rings (SSSR count). The molecule has 0 unspecified atom stereocenters. The van der Waals surface area contributed by atoms with Gasteiger partial charge in [0, 0.05) is 13.1 Å². The first kappa shape index (κ1) is 25.9. The fourth-order valence-corrected chi connectivity index (χ4v) is 3.48. The molecule has 6 heteroatoms. The Labute approximate surface area is 193 Å². The summed E-state index contributed by atoms with van der Waals surface area (Å²) in [5, 5.41) is 2.94. The number of halogens is 4. The first-order valence-corrected chi connectivity index (χ1v) is 11.0. The molecular weight excluding hydrogens is 433 g/mol. The van der Waals surface area contributed by atoms with Gasteiger partial charge in [-0.3, -0.25) is 0 Å². The van der Waals surface area contributed by atoms with E-state index in [9.17, 15) is 13.2 Å². The minimum atomic E-state index is -4.43. The van der Waals surface area contributed by atoms with Crippen LogP contribution in [0.4, 0.5) is 13.2 Å². The quantitative estimate of drug-likeness (QED) is 0.396. The molecule has 3 N–H and O–H groups in total. The summed E-state index contributed by atoms with van der Waals surface area (Å²) in [4.78, 5) is 0. The van der Waals surface area contributed by atoms with E-state index in [1.165, 1.54) is 17.2 Å². The molecular formula is C26H30ClF3N2. The van der Waals surface area contributed by atoms with Gasteiger partial charge in [-0.2, -0.15) is 13.2 Å². The lowest BCUT2D eigenvalue weighted by atomic mass is 10.0. The summed E-state index contributed by atoms with van der Waals surface area (Å²) in [6.45, 7) is 5.89. The molecule has 0 bridgehead atoms. The highest BCUT2D eigenvalue weighted by Gasteiger charge is 2.33. The summed E-state index contributed by atoms with van der Waals surface area (Å²) in [5.41, 5.74) is 7.68. The summed E-state index contributed by atoms with van der Waals surface area (Å²) >= 11 is 5.87. The Kier molecular flexibility index (Phi) is 10.2. The molecule has 32 heavy (non-hydrogen) atoms. The zero-order valence-corrected chi connectivity index (χ0v) is 19.1. The molecule has 0 radical (unpaired) electrons. The van der Waals surface area contributed by atoms with Gasteiger partial charge in [-0.05, 0) is 41.1 Å². The zero-order chi connectivity index (χ0) is 23.6. The second kappa shape index (κ2) is 12.6. The molecule has 0 spiro atoms. The van der Waals surface area contributed by atoms with Gasteiger partial charge in [0.2, 0.25) is 0 Å². The van der Waals surface area contributed by atoms with Gasteiger partial charge in [0.1, 0.15) is 0 Å². The molecule has 0 heterocycles. The molecule has 3 aromatic rings. The Morgan fingerprint density at radius 1 is 0.812 bits per heavy atom. The first-order valence-electron chi connectivity index (χ1n) is 10.6. The molecule has 0 amide bonds. The summed E-state index contributed by atoms with van der Waals surface area (Å²) in [7, 11) is 0. The van der Waals surface area contributed by atoms with E-state index in [0.29, 0.717) is 24.6 Å². The standard InChI is InChI=1S/C17H17ClF3N.C9H13N/c1-12(13-6-3-2-4-7-13)10-22-11-14-8-5-9-15(16(14)18)17(19,20)21;1-8(7-10)9-5-3-2-4-6-9/h2-9,12,22H,10-11H2,1H3;2-6,8H,7,10H2,1H3/t12-;8-/m00/s1. The van der Waals surface area contributed by atoms with E-state index in [1.54, 1.807) is 6.07 Å². The third-order valence-corrected chi connectivity index (χ3v) is 5.69.